The van der Waals surface area contributed by atoms with E-state index in [1.165, 1.54) is 12.8 Å². The van der Waals surface area contributed by atoms with Crippen LogP contribution >= 0.6 is 11.8 Å². The third kappa shape index (κ3) is 4.78. The molecule has 1 fully saturated rings. The second-order valence-corrected chi connectivity index (χ2v) is 7.28. The number of hydrogen-bond acceptors (Lipinski definition) is 5. The fraction of sp³-hybridized carbons (Fsp3) is 0.474. The van der Waals surface area contributed by atoms with Crippen molar-refractivity contribution in [3.8, 4) is 17.2 Å². The lowest BCUT2D eigenvalue weighted by Crippen LogP contribution is -2.33. The van der Waals surface area contributed by atoms with E-state index in [0.717, 1.165) is 35.6 Å². The van der Waals surface area contributed by atoms with Gasteiger partial charge < -0.3 is 14.5 Å². The topological polar surface area (TPSA) is 64.4 Å². The van der Waals surface area contributed by atoms with Crippen LogP contribution in [0.5, 0.6) is 5.75 Å². The van der Waals surface area contributed by atoms with E-state index < -0.39 is 0 Å². The van der Waals surface area contributed by atoms with Gasteiger partial charge in [-0.05, 0) is 44.0 Å². The number of carbonyl (C=O) groups excluding carboxylic acids is 1. The molecule has 0 radical (unpaired) electrons. The number of aryl methyl sites for hydroxylation is 1. The Morgan fingerprint density at radius 3 is 2.72 bits per heavy atom. The number of amides is 1. The smallest absolute Gasteiger partial charge is 0.230 e. The van der Waals surface area contributed by atoms with Crippen LogP contribution in [0.4, 0.5) is 0 Å². The second-order valence-electron chi connectivity index (χ2n) is 6.29. The van der Waals surface area contributed by atoms with Crippen molar-refractivity contribution in [3.63, 3.8) is 0 Å². The average molecular weight is 360 g/mol. The molecule has 0 atom stereocenters. The Hall–Kier alpha value is -1.95. The largest absolute Gasteiger partial charge is 0.497 e. The number of thioether (sulfide) groups is 1. The first-order chi connectivity index (χ1) is 12.2. The molecule has 3 rings (SSSR count). The van der Waals surface area contributed by atoms with Crippen LogP contribution in [0.25, 0.3) is 11.5 Å². The van der Waals surface area contributed by atoms with Crippen molar-refractivity contribution in [1.29, 1.82) is 0 Å². The first-order valence-electron chi connectivity index (χ1n) is 8.63. The van der Waals surface area contributed by atoms with Gasteiger partial charge in [0, 0.05) is 17.4 Å². The van der Waals surface area contributed by atoms with Crippen molar-refractivity contribution in [1.82, 2.24) is 10.3 Å². The highest BCUT2D eigenvalue weighted by molar-refractivity contribution is 7.99. The summed E-state index contributed by atoms with van der Waals surface area (Å²) in [5.41, 5.74) is 1.81. The van der Waals surface area contributed by atoms with Gasteiger partial charge in [0.15, 0.2) is 0 Å². The van der Waals surface area contributed by atoms with Gasteiger partial charge in [-0.1, -0.05) is 12.8 Å². The first kappa shape index (κ1) is 17.9. The molecule has 1 aromatic heterocycles. The number of rotatable bonds is 7. The average Bonchev–Trinajstić information content (AvgIpc) is 3.25. The summed E-state index contributed by atoms with van der Waals surface area (Å²) in [5.74, 6) is 3.45. The summed E-state index contributed by atoms with van der Waals surface area (Å²) < 4.78 is 10.9. The molecule has 1 heterocycles. The highest BCUT2D eigenvalue weighted by Gasteiger charge is 2.17. The standard InChI is InChI=1S/C19H24N2O3S/c1-13-17(11-25-12-18(22)20-15-5-3-4-6-15)21-19(24-13)14-7-9-16(23-2)10-8-14/h7-10,15H,3-6,11-12H2,1-2H3,(H,20,22). The maximum absolute atomic E-state index is 12.0. The molecule has 6 heteroatoms. The number of nitrogens with one attached hydrogen (secondary N) is 1. The number of aromatic nitrogens is 1. The summed E-state index contributed by atoms with van der Waals surface area (Å²) in [7, 11) is 1.64. The molecule has 0 unspecified atom stereocenters. The Kier molecular flexibility index (Phi) is 6.02. The van der Waals surface area contributed by atoms with Gasteiger partial charge in [0.05, 0.1) is 18.6 Å². The normalized spacial score (nSPS) is 14.6. The fourth-order valence-corrected chi connectivity index (χ4v) is 3.83. The molecule has 25 heavy (non-hydrogen) atoms. The third-order valence-electron chi connectivity index (χ3n) is 4.42. The van der Waals surface area contributed by atoms with Crippen molar-refractivity contribution >= 4 is 17.7 Å². The molecule has 1 saturated carbocycles. The summed E-state index contributed by atoms with van der Waals surface area (Å²) in [5, 5.41) is 3.11. The molecule has 1 N–H and O–H groups in total. The Morgan fingerprint density at radius 2 is 2.04 bits per heavy atom. The van der Waals surface area contributed by atoms with Crippen molar-refractivity contribution in [2.45, 2.75) is 44.4 Å². The minimum atomic E-state index is 0.119. The third-order valence-corrected chi connectivity index (χ3v) is 5.37. The molecular formula is C19H24N2O3S. The predicted molar refractivity (Wildman–Crippen MR) is 99.8 cm³/mol. The number of hydrogen-bond donors (Lipinski definition) is 1. The van der Waals surface area contributed by atoms with Crippen molar-refractivity contribution in [3.05, 3.63) is 35.7 Å². The van der Waals surface area contributed by atoms with E-state index in [-0.39, 0.29) is 5.91 Å². The number of nitrogens with zero attached hydrogens (tertiary/aromatic N) is 1. The van der Waals surface area contributed by atoms with Gasteiger partial charge in [-0.15, -0.1) is 11.8 Å². The van der Waals surface area contributed by atoms with E-state index in [1.54, 1.807) is 18.9 Å². The SMILES string of the molecule is COc1ccc(-c2nc(CSCC(=O)NC3CCCC3)c(C)o2)cc1. The number of carbonyl (C=O) groups is 1. The van der Waals surface area contributed by atoms with E-state index in [9.17, 15) is 4.79 Å². The van der Waals surface area contributed by atoms with Crippen LogP contribution in [0, 0.1) is 6.92 Å². The second kappa shape index (κ2) is 8.43. The maximum atomic E-state index is 12.0. The molecule has 1 aliphatic rings. The highest BCUT2D eigenvalue weighted by atomic mass is 32.2. The fourth-order valence-electron chi connectivity index (χ4n) is 3.00. The van der Waals surface area contributed by atoms with E-state index in [4.69, 9.17) is 9.15 Å². The van der Waals surface area contributed by atoms with Gasteiger partial charge in [-0.2, -0.15) is 0 Å². The van der Waals surface area contributed by atoms with Gasteiger partial charge in [-0.3, -0.25) is 4.79 Å². The molecule has 2 aromatic rings. The van der Waals surface area contributed by atoms with E-state index in [0.29, 0.717) is 23.4 Å². The first-order valence-corrected chi connectivity index (χ1v) is 9.79. The Balaban J connectivity index is 1.52. The number of oxazole rings is 1. The van der Waals surface area contributed by atoms with E-state index >= 15 is 0 Å². The minimum absolute atomic E-state index is 0.119. The van der Waals surface area contributed by atoms with Crippen LogP contribution in [0.2, 0.25) is 0 Å². The van der Waals surface area contributed by atoms with Crippen molar-refractivity contribution < 1.29 is 13.9 Å². The quantitative estimate of drug-likeness (QED) is 0.810. The van der Waals surface area contributed by atoms with Crippen LogP contribution in [0.15, 0.2) is 28.7 Å². The van der Waals surface area contributed by atoms with Crippen LogP contribution in [-0.4, -0.2) is 29.8 Å². The Labute approximate surface area is 152 Å². The Morgan fingerprint density at radius 1 is 1.32 bits per heavy atom. The molecule has 0 bridgehead atoms. The van der Waals surface area contributed by atoms with Gasteiger partial charge in [0.2, 0.25) is 11.8 Å². The van der Waals surface area contributed by atoms with Gasteiger partial charge in [0.1, 0.15) is 11.5 Å². The highest BCUT2D eigenvalue weighted by Crippen LogP contribution is 2.26. The van der Waals surface area contributed by atoms with Gasteiger partial charge in [-0.25, -0.2) is 4.98 Å². The zero-order chi connectivity index (χ0) is 17.6. The maximum Gasteiger partial charge on any atom is 0.230 e. The molecule has 1 amide bonds. The molecule has 1 aromatic carbocycles. The molecule has 0 aliphatic heterocycles. The monoisotopic (exact) mass is 360 g/mol. The summed E-state index contributed by atoms with van der Waals surface area (Å²) in [4.78, 5) is 16.5. The number of ether oxygens (including phenoxy) is 1. The number of methoxy groups -OCH3 is 1. The van der Waals surface area contributed by atoms with Crippen LogP contribution in [0.1, 0.15) is 37.1 Å². The lowest BCUT2D eigenvalue weighted by atomic mass is 10.2. The van der Waals surface area contributed by atoms with Crippen LogP contribution in [-0.2, 0) is 10.5 Å². The van der Waals surface area contributed by atoms with Crippen molar-refractivity contribution in [2.75, 3.05) is 12.9 Å². The molecule has 5 nitrogen and oxygen atoms in total. The molecule has 0 saturated heterocycles. The van der Waals surface area contributed by atoms with Crippen molar-refractivity contribution in [2.24, 2.45) is 0 Å². The zero-order valence-electron chi connectivity index (χ0n) is 14.7. The lowest BCUT2D eigenvalue weighted by molar-refractivity contribution is -0.119. The van der Waals surface area contributed by atoms with Gasteiger partial charge in [0.25, 0.3) is 0 Å². The van der Waals surface area contributed by atoms with Gasteiger partial charge >= 0.3 is 0 Å². The summed E-state index contributed by atoms with van der Waals surface area (Å²) in [6, 6.07) is 8.00. The minimum Gasteiger partial charge on any atom is -0.497 e. The molecular weight excluding hydrogens is 336 g/mol. The number of benzene rings is 1. The van der Waals surface area contributed by atoms with E-state index in [2.05, 4.69) is 10.3 Å². The Bertz CT molecular complexity index is 706. The molecule has 1 aliphatic carbocycles. The summed E-state index contributed by atoms with van der Waals surface area (Å²) >= 11 is 1.57. The van der Waals surface area contributed by atoms with Crippen LogP contribution < -0.4 is 10.1 Å². The van der Waals surface area contributed by atoms with E-state index in [1.807, 2.05) is 31.2 Å². The summed E-state index contributed by atoms with van der Waals surface area (Å²) in [6.45, 7) is 1.91. The molecule has 134 valence electrons. The summed E-state index contributed by atoms with van der Waals surface area (Å²) in [6.07, 6.45) is 4.68. The van der Waals surface area contributed by atoms with Crippen LogP contribution in [0.3, 0.4) is 0 Å². The molecule has 0 spiro atoms. The zero-order valence-corrected chi connectivity index (χ0v) is 15.5. The lowest BCUT2D eigenvalue weighted by Gasteiger charge is -2.11. The predicted octanol–water partition coefficient (Wildman–Crippen LogP) is 3.95.